The van der Waals surface area contributed by atoms with Crippen LogP contribution in [0.5, 0.6) is 0 Å². The topological polar surface area (TPSA) is 107 Å². The first kappa shape index (κ1) is 27.8. The van der Waals surface area contributed by atoms with E-state index in [9.17, 15) is 23.9 Å². The van der Waals surface area contributed by atoms with Gasteiger partial charge in [-0.15, -0.1) is 0 Å². The molecule has 0 saturated heterocycles. The molecule has 2 aliphatic carbocycles. The van der Waals surface area contributed by atoms with Gasteiger partial charge in [-0.25, -0.2) is 18.1 Å². The van der Waals surface area contributed by atoms with Crippen LogP contribution in [0.3, 0.4) is 0 Å². The number of rotatable bonds is 4. The molecule has 0 radical (unpaired) electrons. The molecule has 1 amide bonds. The second kappa shape index (κ2) is 9.59. The molecular formula is C33H31F2N3O4. The van der Waals surface area contributed by atoms with Gasteiger partial charge in [-0.05, 0) is 104 Å². The number of aromatic nitrogens is 2. The van der Waals surface area contributed by atoms with Crippen LogP contribution in [0, 0.1) is 24.5 Å². The Hall–Kier alpha value is -4.37. The van der Waals surface area contributed by atoms with Crippen LogP contribution < -0.4 is 17.0 Å². The lowest BCUT2D eigenvalue weighted by molar-refractivity contribution is 0.0123. The molecule has 9 heteroatoms. The van der Waals surface area contributed by atoms with Crippen molar-refractivity contribution in [2.24, 2.45) is 18.7 Å². The molecule has 3 aromatic carbocycles. The third-order valence-corrected chi connectivity index (χ3v) is 9.05. The molecule has 0 spiro atoms. The summed E-state index contributed by atoms with van der Waals surface area (Å²) in [6.45, 7) is 5.27. The number of primary amides is 1. The van der Waals surface area contributed by atoms with E-state index in [1.807, 2.05) is 0 Å². The van der Waals surface area contributed by atoms with Gasteiger partial charge in [0.1, 0.15) is 11.6 Å². The molecule has 216 valence electrons. The standard InChI is InChI=1S/C33H31F2N3O4/c1-16-19(7-6-10-26(16)38-31(40)21-8-5-9-24(34)29(21)37(4)32(38)41)28-25(35)15-23(30(36)39)22-14-17-13-18(33(2,3)42)11-12-20(17)27(22)28/h5-10,15,18,42H,11-14H2,1-4H3,(H2,36,39)/t18-/m0/s1. The summed E-state index contributed by atoms with van der Waals surface area (Å²) in [5.41, 5.74) is 8.14. The second-order valence-electron chi connectivity index (χ2n) is 11.9. The third kappa shape index (κ3) is 4.06. The van der Waals surface area contributed by atoms with E-state index < -0.39 is 34.4 Å². The van der Waals surface area contributed by atoms with E-state index in [1.54, 1.807) is 39.0 Å². The average Bonchev–Trinajstić information content (AvgIpc) is 3.30. The number of nitrogens with two attached hydrogens (primary N) is 1. The van der Waals surface area contributed by atoms with E-state index in [4.69, 9.17) is 5.73 Å². The third-order valence-electron chi connectivity index (χ3n) is 9.05. The van der Waals surface area contributed by atoms with Gasteiger partial charge >= 0.3 is 5.69 Å². The number of amides is 1. The van der Waals surface area contributed by atoms with Crippen LogP contribution in [0.15, 0.2) is 57.6 Å². The predicted octanol–water partition coefficient (Wildman–Crippen LogP) is 4.92. The molecule has 3 N–H and O–H groups in total. The number of carbonyl (C=O) groups excluding carboxylic acids is 1. The minimum Gasteiger partial charge on any atom is -0.390 e. The zero-order valence-corrected chi connectivity index (χ0v) is 23.8. The highest BCUT2D eigenvalue weighted by Crippen LogP contribution is 2.51. The van der Waals surface area contributed by atoms with Gasteiger partial charge in [-0.3, -0.25) is 14.2 Å². The highest BCUT2D eigenvalue weighted by molar-refractivity contribution is 6.00. The largest absolute Gasteiger partial charge is 0.390 e. The van der Waals surface area contributed by atoms with Crippen LogP contribution in [-0.4, -0.2) is 25.7 Å². The molecule has 0 unspecified atom stereocenters. The highest BCUT2D eigenvalue weighted by atomic mass is 19.1. The SMILES string of the molecule is Cc1c(-c2c(F)cc(C(N)=O)c3c2C2=C(C3)C[C@@H](C(C)(C)O)CC2)cccc1-n1c(=O)c2cccc(F)c2n(C)c1=O. The van der Waals surface area contributed by atoms with Crippen molar-refractivity contribution < 1.29 is 18.7 Å². The minimum absolute atomic E-state index is 0.0155. The molecule has 0 fully saturated rings. The summed E-state index contributed by atoms with van der Waals surface area (Å²) in [4.78, 5) is 39.4. The lowest BCUT2D eigenvalue weighted by Crippen LogP contribution is -2.38. The number of hydrogen-bond donors (Lipinski definition) is 2. The van der Waals surface area contributed by atoms with Gasteiger partial charge in [0.2, 0.25) is 5.91 Å². The number of hydrogen-bond acceptors (Lipinski definition) is 4. The zero-order chi connectivity index (χ0) is 30.2. The normalized spacial score (nSPS) is 16.6. The molecule has 0 bridgehead atoms. The summed E-state index contributed by atoms with van der Waals surface area (Å²) in [6, 6.07) is 10.2. The summed E-state index contributed by atoms with van der Waals surface area (Å²) in [5.74, 6) is -2.03. The Morgan fingerprint density at radius 3 is 2.48 bits per heavy atom. The van der Waals surface area contributed by atoms with Gasteiger partial charge in [0.15, 0.2) is 0 Å². The molecule has 1 atom stereocenters. The fourth-order valence-electron chi connectivity index (χ4n) is 6.84. The van der Waals surface area contributed by atoms with Crippen molar-refractivity contribution in [3.05, 3.63) is 103 Å². The maximum Gasteiger partial charge on any atom is 0.335 e. The van der Waals surface area contributed by atoms with Gasteiger partial charge in [-0.1, -0.05) is 23.8 Å². The number of benzene rings is 3. The first-order valence-electron chi connectivity index (χ1n) is 13.9. The minimum atomic E-state index is -0.888. The smallest absolute Gasteiger partial charge is 0.335 e. The van der Waals surface area contributed by atoms with Crippen molar-refractivity contribution in [3.63, 3.8) is 0 Å². The first-order chi connectivity index (χ1) is 19.8. The summed E-state index contributed by atoms with van der Waals surface area (Å²) < 4.78 is 32.8. The van der Waals surface area contributed by atoms with E-state index in [2.05, 4.69) is 0 Å². The van der Waals surface area contributed by atoms with E-state index >= 15 is 4.39 Å². The van der Waals surface area contributed by atoms with Crippen LogP contribution in [0.4, 0.5) is 8.78 Å². The number of nitrogens with zero attached hydrogens (tertiary/aromatic N) is 2. The first-order valence-corrected chi connectivity index (χ1v) is 13.9. The molecule has 1 heterocycles. The van der Waals surface area contributed by atoms with Crippen LogP contribution in [0.25, 0.3) is 33.3 Å². The number of carbonyl (C=O) groups is 1. The number of para-hydroxylation sites is 1. The van der Waals surface area contributed by atoms with Crippen molar-refractivity contribution in [2.75, 3.05) is 0 Å². The molecule has 42 heavy (non-hydrogen) atoms. The van der Waals surface area contributed by atoms with Crippen molar-refractivity contribution in [2.45, 2.75) is 52.1 Å². The summed E-state index contributed by atoms with van der Waals surface area (Å²) in [5, 5.41) is 10.7. The van der Waals surface area contributed by atoms with Crippen molar-refractivity contribution in [3.8, 4) is 16.8 Å². The summed E-state index contributed by atoms with van der Waals surface area (Å²) in [7, 11) is 1.40. The van der Waals surface area contributed by atoms with Crippen molar-refractivity contribution in [1.82, 2.24) is 9.13 Å². The maximum absolute atomic E-state index is 16.1. The van der Waals surface area contributed by atoms with Gasteiger partial charge in [-0.2, -0.15) is 0 Å². The lowest BCUT2D eigenvalue weighted by atomic mass is 9.75. The molecule has 0 saturated carbocycles. The molecule has 1 aromatic heterocycles. The van der Waals surface area contributed by atoms with Crippen LogP contribution >= 0.6 is 0 Å². The van der Waals surface area contributed by atoms with Gasteiger partial charge < -0.3 is 10.8 Å². The predicted molar refractivity (Wildman–Crippen MR) is 158 cm³/mol. The molecule has 2 aliphatic rings. The summed E-state index contributed by atoms with van der Waals surface area (Å²) in [6.07, 6.45) is 2.34. The van der Waals surface area contributed by atoms with Crippen molar-refractivity contribution >= 4 is 22.4 Å². The fraction of sp³-hybridized carbons (Fsp3) is 0.303. The average molecular weight is 572 g/mol. The van der Waals surface area contributed by atoms with Gasteiger partial charge in [0, 0.05) is 18.2 Å². The van der Waals surface area contributed by atoms with E-state index in [0.29, 0.717) is 47.9 Å². The zero-order valence-electron chi connectivity index (χ0n) is 23.8. The van der Waals surface area contributed by atoms with E-state index in [0.717, 1.165) is 20.3 Å². The summed E-state index contributed by atoms with van der Waals surface area (Å²) >= 11 is 0. The number of aryl methyl sites for hydroxylation is 1. The van der Waals surface area contributed by atoms with Gasteiger partial charge in [0.05, 0.1) is 22.2 Å². The molecule has 7 nitrogen and oxygen atoms in total. The number of aliphatic hydroxyl groups is 1. The van der Waals surface area contributed by atoms with E-state index in [1.165, 1.54) is 31.3 Å². The fourth-order valence-corrected chi connectivity index (χ4v) is 6.84. The van der Waals surface area contributed by atoms with E-state index in [-0.39, 0.29) is 33.6 Å². The monoisotopic (exact) mass is 571 g/mol. The second-order valence-corrected chi connectivity index (χ2v) is 11.9. The van der Waals surface area contributed by atoms with Crippen LogP contribution in [-0.2, 0) is 13.5 Å². The maximum atomic E-state index is 16.1. The highest BCUT2D eigenvalue weighted by Gasteiger charge is 2.38. The Kier molecular flexibility index (Phi) is 6.34. The number of allylic oxidation sites excluding steroid dienone is 2. The number of fused-ring (bicyclic) bond motifs is 3. The Balaban J connectivity index is 1.61. The Bertz CT molecular complexity index is 2000. The van der Waals surface area contributed by atoms with Crippen LogP contribution in [0.1, 0.15) is 60.2 Å². The Morgan fingerprint density at radius 1 is 1.07 bits per heavy atom. The van der Waals surface area contributed by atoms with Crippen molar-refractivity contribution in [1.29, 1.82) is 0 Å². The molecular weight excluding hydrogens is 540 g/mol. The Morgan fingerprint density at radius 2 is 1.79 bits per heavy atom. The van der Waals surface area contributed by atoms with Crippen LogP contribution in [0.2, 0.25) is 0 Å². The molecule has 0 aliphatic heterocycles. The Labute approximate surface area is 240 Å². The molecule has 4 aromatic rings. The number of halogens is 2. The van der Waals surface area contributed by atoms with Gasteiger partial charge in [0.25, 0.3) is 5.56 Å². The quantitative estimate of drug-likeness (QED) is 0.363. The molecule has 6 rings (SSSR count). The lowest BCUT2D eigenvalue weighted by Gasteiger charge is -2.33.